The van der Waals surface area contributed by atoms with E-state index in [2.05, 4.69) is 5.32 Å². The van der Waals surface area contributed by atoms with Crippen LogP contribution in [0.25, 0.3) is 0 Å². The summed E-state index contributed by atoms with van der Waals surface area (Å²) >= 11 is 0. The lowest BCUT2D eigenvalue weighted by Crippen LogP contribution is -2.37. The van der Waals surface area contributed by atoms with E-state index in [4.69, 9.17) is 9.84 Å². The molecule has 1 aromatic rings. The monoisotopic (exact) mass is 249 g/mol. The molecule has 1 amide bonds. The van der Waals surface area contributed by atoms with Gasteiger partial charge in [0.1, 0.15) is 12.4 Å². The minimum Gasteiger partial charge on any atom is -0.492 e. The Hall–Kier alpha value is -1.55. The summed E-state index contributed by atoms with van der Waals surface area (Å²) in [6, 6.07) is 7.84. The number of aliphatic hydroxyl groups excluding tert-OH is 1. The Labute approximate surface area is 107 Å². The minimum absolute atomic E-state index is 0.0439. The number of carbonyl (C=O) groups excluding carboxylic acids is 1. The highest BCUT2D eigenvalue weighted by atomic mass is 16.5. The molecule has 1 unspecified atom stereocenters. The number of fused-ring (bicyclic) bond motifs is 1. The summed E-state index contributed by atoms with van der Waals surface area (Å²) in [4.78, 5) is 11.9. The maximum Gasteiger partial charge on any atom is 0.226 e. The fourth-order valence-corrected chi connectivity index (χ4v) is 2.09. The maximum absolute atomic E-state index is 11.9. The fourth-order valence-electron chi connectivity index (χ4n) is 2.09. The van der Waals surface area contributed by atoms with Gasteiger partial charge in [0.2, 0.25) is 5.91 Å². The molecule has 1 heterocycles. The van der Waals surface area contributed by atoms with Crippen molar-refractivity contribution < 1.29 is 14.6 Å². The lowest BCUT2D eigenvalue weighted by Gasteiger charge is -2.24. The van der Waals surface area contributed by atoms with E-state index in [0.717, 1.165) is 30.6 Å². The van der Waals surface area contributed by atoms with Gasteiger partial charge in [-0.1, -0.05) is 18.2 Å². The first-order chi connectivity index (χ1) is 8.81. The number of benzene rings is 1. The van der Waals surface area contributed by atoms with E-state index >= 15 is 0 Å². The van der Waals surface area contributed by atoms with Gasteiger partial charge in [-0.2, -0.15) is 0 Å². The average molecular weight is 249 g/mol. The number of hydrogen-bond donors (Lipinski definition) is 2. The van der Waals surface area contributed by atoms with Crippen LogP contribution in [-0.4, -0.2) is 30.8 Å². The molecule has 2 N–H and O–H groups in total. The SMILES string of the molecule is O=C(NCCCCO)C1COc2ccccc2C1. The highest BCUT2D eigenvalue weighted by molar-refractivity contribution is 5.79. The second-order valence-electron chi connectivity index (χ2n) is 4.54. The van der Waals surface area contributed by atoms with E-state index in [0.29, 0.717) is 13.2 Å². The molecule has 2 rings (SSSR count). The molecule has 0 radical (unpaired) electrons. The normalized spacial score (nSPS) is 17.7. The van der Waals surface area contributed by atoms with Gasteiger partial charge < -0.3 is 15.2 Å². The quantitative estimate of drug-likeness (QED) is 0.769. The zero-order chi connectivity index (χ0) is 12.8. The number of para-hydroxylation sites is 1. The topological polar surface area (TPSA) is 58.6 Å². The Kier molecular flexibility index (Phi) is 4.59. The number of hydrogen-bond acceptors (Lipinski definition) is 3. The summed E-state index contributed by atoms with van der Waals surface area (Å²) in [5.74, 6) is 0.832. The molecule has 0 fully saturated rings. The molecule has 0 saturated heterocycles. The second-order valence-corrected chi connectivity index (χ2v) is 4.54. The maximum atomic E-state index is 11.9. The van der Waals surface area contributed by atoms with Gasteiger partial charge in [0.25, 0.3) is 0 Å². The van der Waals surface area contributed by atoms with Crippen molar-refractivity contribution in [2.75, 3.05) is 19.8 Å². The summed E-state index contributed by atoms with van der Waals surface area (Å²) in [6.45, 7) is 1.25. The Morgan fingerprint density at radius 2 is 2.22 bits per heavy atom. The molecular weight excluding hydrogens is 230 g/mol. The summed E-state index contributed by atoms with van der Waals surface area (Å²) < 4.78 is 5.58. The van der Waals surface area contributed by atoms with Crippen molar-refractivity contribution in [1.82, 2.24) is 5.32 Å². The van der Waals surface area contributed by atoms with E-state index < -0.39 is 0 Å². The predicted octanol–water partition coefficient (Wildman–Crippen LogP) is 1.13. The third kappa shape index (κ3) is 3.23. The van der Waals surface area contributed by atoms with Crippen LogP contribution in [0.4, 0.5) is 0 Å². The van der Waals surface area contributed by atoms with Crippen molar-refractivity contribution in [2.45, 2.75) is 19.3 Å². The third-order valence-electron chi connectivity index (χ3n) is 3.13. The molecule has 0 aliphatic carbocycles. The molecule has 18 heavy (non-hydrogen) atoms. The molecule has 1 atom stereocenters. The van der Waals surface area contributed by atoms with Crippen LogP contribution in [0.15, 0.2) is 24.3 Å². The number of amides is 1. The fraction of sp³-hybridized carbons (Fsp3) is 0.500. The molecule has 98 valence electrons. The van der Waals surface area contributed by atoms with Crippen molar-refractivity contribution in [3.05, 3.63) is 29.8 Å². The molecule has 4 heteroatoms. The number of rotatable bonds is 5. The number of carbonyl (C=O) groups is 1. The van der Waals surface area contributed by atoms with Crippen LogP contribution >= 0.6 is 0 Å². The van der Waals surface area contributed by atoms with Crippen LogP contribution in [0.1, 0.15) is 18.4 Å². The third-order valence-corrected chi connectivity index (χ3v) is 3.13. The molecule has 4 nitrogen and oxygen atoms in total. The van der Waals surface area contributed by atoms with Gasteiger partial charge in [0, 0.05) is 13.2 Å². The second kappa shape index (κ2) is 6.40. The van der Waals surface area contributed by atoms with E-state index in [1.54, 1.807) is 0 Å². The van der Waals surface area contributed by atoms with Crippen LogP contribution in [0, 0.1) is 5.92 Å². The zero-order valence-electron chi connectivity index (χ0n) is 10.4. The van der Waals surface area contributed by atoms with Crippen molar-refractivity contribution >= 4 is 5.91 Å². The lowest BCUT2D eigenvalue weighted by molar-refractivity contribution is -0.126. The number of aliphatic hydroxyl groups is 1. The first-order valence-corrected chi connectivity index (χ1v) is 6.40. The van der Waals surface area contributed by atoms with Gasteiger partial charge in [0.05, 0.1) is 5.92 Å². The van der Waals surface area contributed by atoms with Crippen LogP contribution in [-0.2, 0) is 11.2 Å². The number of unbranched alkanes of at least 4 members (excludes halogenated alkanes) is 1. The molecule has 1 aliphatic rings. The summed E-state index contributed by atoms with van der Waals surface area (Å²) in [6.07, 6.45) is 2.28. The highest BCUT2D eigenvalue weighted by Crippen LogP contribution is 2.26. The average Bonchev–Trinajstić information content (AvgIpc) is 2.43. The van der Waals surface area contributed by atoms with Crippen LogP contribution in [0.5, 0.6) is 5.75 Å². The van der Waals surface area contributed by atoms with Crippen molar-refractivity contribution in [3.8, 4) is 5.75 Å². The van der Waals surface area contributed by atoms with Gasteiger partial charge in [-0.05, 0) is 30.9 Å². The van der Waals surface area contributed by atoms with Crippen molar-refractivity contribution in [1.29, 1.82) is 0 Å². The Bertz CT molecular complexity index is 406. The van der Waals surface area contributed by atoms with E-state index in [-0.39, 0.29) is 18.4 Å². The Morgan fingerprint density at radius 1 is 1.39 bits per heavy atom. The predicted molar refractivity (Wildman–Crippen MR) is 68.5 cm³/mol. The van der Waals surface area contributed by atoms with Gasteiger partial charge in [0.15, 0.2) is 0 Å². The van der Waals surface area contributed by atoms with Crippen molar-refractivity contribution in [3.63, 3.8) is 0 Å². The van der Waals surface area contributed by atoms with Crippen LogP contribution in [0.2, 0.25) is 0 Å². The molecular formula is C14H19NO3. The van der Waals surface area contributed by atoms with Crippen molar-refractivity contribution in [2.24, 2.45) is 5.92 Å². The van der Waals surface area contributed by atoms with E-state index in [1.807, 2.05) is 24.3 Å². The minimum atomic E-state index is -0.103. The highest BCUT2D eigenvalue weighted by Gasteiger charge is 2.25. The summed E-state index contributed by atoms with van der Waals surface area (Å²) in [5, 5.41) is 11.5. The molecule has 0 spiro atoms. The summed E-state index contributed by atoms with van der Waals surface area (Å²) in [5.41, 5.74) is 1.10. The zero-order valence-corrected chi connectivity index (χ0v) is 10.4. The number of nitrogens with one attached hydrogen (secondary N) is 1. The lowest BCUT2D eigenvalue weighted by atomic mass is 9.96. The molecule has 0 aromatic heterocycles. The van der Waals surface area contributed by atoms with Gasteiger partial charge >= 0.3 is 0 Å². The Balaban J connectivity index is 1.83. The first kappa shape index (κ1) is 12.9. The van der Waals surface area contributed by atoms with Crippen LogP contribution < -0.4 is 10.1 Å². The Morgan fingerprint density at radius 3 is 3.06 bits per heavy atom. The van der Waals surface area contributed by atoms with Gasteiger partial charge in [-0.3, -0.25) is 4.79 Å². The van der Waals surface area contributed by atoms with Crippen LogP contribution in [0.3, 0.4) is 0 Å². The summed E-state index contributed by atoms with van der Waals surface area (Å²) in [7, 11) is 0. The number of ether oxygens (including phenoxy) is 1. The molecule has 1 aliphatic heterocycles. The van der Waals surface area contributed by atoms with E-state index in [1.165, 1.54) is 0 Å². The first-order valence-electron chi connectivity index (χ1n) is 6.40. The van der Waals surface area contributed by atoms with E-state index in [9.17, 15) is 4.79 Å². The molecule has 0 bridgehead atoms. The molecule has 0 saturated carbocycles. The van der Waals surface area contributed by atoms with Gasteiger partial charge in [-0.25, -0.2) is 0 Å². The van der Waals surface area contributed by atoms with Gasteiger partial charge in [-0.15, -0.1) is 0 Å². The largest absolute Gasteiger partial charge is 0.492 e. The standard InChI is InChI=1S/C14H19NO3/c16-8-4-3-7-15-14(17)12-9-11-5-1-2-6-13(11)18-10-12/h1-2,5-6,12,16H,3-4,7-10H2,(H,15,17). The smallest absolute Gasteiger partial charge is 0.226 e. The molecule has 1 aromatic carbocycles.